The zero-order chi connectivity index (χ0) is 15.0. The Hall–Kier alpha value is -0.730. The molecule has 1 aliphatic rings. The summed E-state index contributed by atoms with van der Waals surface area (Å²) >= 11 is 8.29. The van der Waals surface area contributed by atoms with Gasteiger partial charge in [-0.05, 0) is 57.7 Å². The number of hydrogen-bond donors (Lipinski definition) is 0. The van der Waals surface area contributed by atoms with Crippen molar-refractivity contribution in [2.24, 2.45) is 0 Å². The van der Waals surface area contributed by atoms with Gasteiger partial charge in [0.05, 0.1) is 14.6 Å². The number of amides is 1. The Balaban J connectivity index is 1.75. The molecule has 0 aliphatic carbocycles. The summed E-state index contributed by atoms with van der Waals surface area (Å²) < 4.78 is 7.10. The van der Waals surface area contributed by atoms with E-state index in [1.54, 1.807) is 6.92 Å². The summed E-state index contributed by atoms with van der Waals surface area (Å²) in [5, 5.41) is 3.83. The largest absolute Gasteiger partial charge is 0.339 e. The fourth-order valence-electron chi connectivity index (χ4n) is 2.45. The van der Waals surface area contributed by atoms with Gasteiger partial charge in [0.15, 0.2) is 5.82 Å². The lowest BCUT2D eigenvalue weighted by molar-refractivity contribution is 0.0700. The SMILES string of the molecule is Cc1noc(C2CCCN(C(=O)c3cc(Br)c(Br)s3)C2)n1. The standard InChI is InChI=1S/C13H13Br2N3O2S/c1-7-16-12(20-17-7)8-3-2-4-18(6-8)13(19)10-5-9(14)11(15)21-10/h5,8H,2-4,6H2,1H3. The maximum Gasteiger partial charge on any atom is 0.264 e. The number of rotatable bonds is 2. The van der Waals surface area contributed by atoms with Gasteiger partial charge in [-0.3, -0.25) is 4.79 Å². The number of likely N-dealkylation sites (tertiary alicyclic amines) is 1. The van der Waals surface area contributed by atoms with Crippen LogP contribution in [-0.4, -0.2) is 34.0 Å². The fraction of sp³-hybridized carbons (Fsp3) is 0.462. The highest BCUT2D eigenvalue weighted by Crippen LogP contribution is 2.34. The molecule has 2 aromatic heterocycles. The average Bonchev–Trinajstić information content (AvgIpc) is 3.05. The van der Waals surface area contributed by atoms with Crippen LogP contribution in [0.4, 0.5) is 0 Å². The molecule has 0 radical (unpaired) electrons. The molecule has 2 aromatic rings. The van der Waals surface area contributed by atoms with Crippen LogP contribution in [0.1, 0.15) is 40.1 Å². The van der Waals surface area contributed by atoms with E-state index in [-0.39, 0.29) is 11.8 Å². The van der Waals surface area contributed by atoms with Crippen LogP contribution in [-0.2, 0) is 0 Å². The van der Waals surface area contributed by atoms with Gasteiger partial charge in [0.2, 0.25) is 5.89 Å². The summed E-state index contributed by atoms with van der Waals surface area (Å²) in [5.41, 5.74) is 0. The second-order valence-corrected chi connectivity index (χ2v) is 8.23. The lowest BCUT2D eigenvalue weighted by Gasteiger charge is -2.30. The van der Waals surface area contributed by atoms with Crippen molar-refractivity contribution < 1.29 is 9.32 Å². The van der Waals surface area contributed by atoms with Crippen molar-refractivity contribution in [3.8, 4) is 0 Å². The predicted molar refractivity (Wildman–Crippen MR) is 86.6 cm³/mol. The van der Waals surface area contributed by atoms with Crippen molar-refractivity contribution in [1.82, 2.24) is 15.0 Å². The van der Waals surface area contributed by atoms with Crippen molar-refractivity contribution in [1.29, 1.82) is 0 Å². The molecule has 0 aromatic carbocycles. The van der Waals surface area contributed by atoms with Crippen molar-refractivity contribution in [3.63, 3.8) is 0 Å². The Labute approximate surface area is 143 Å². The second-order valence-electron chi connectivity index (χ2n) is 5.00. The first-order chi connectivity index (χ1) is 10.0. The molecule has 0 bridgehead atoms. The first kappa shape index (κ1) is 15.2. The van der Waals surface area contributed by atoms with Crippen LogP contribution < -0.4 is 0 Å². The minimum atomic E-state index is 0.0623. The Bertz CT molecular complexity index is 651. The van der Waals surface area contributed by atoms with Crippen molar-refractivity contribution >= 4 is 49.1 Å². The van der Waals surface area contributed by atoms with Gasteiger partial charge >= 0.3 is 0 Å². The summed E-state index contributed by atoms with van der Waals surface area (Å²) in [6.45, 7) is 3.21. The number of halogens is 2. The van der Waals surface area contributed by atoms with Gasteiger partial charge in [-0.15, -0.1) is 11.3 Å². The number of aromatic nitrogens is 2. The normalized spacial score (nSPS) is 19.0. The lowest BCUT2D eigenvalue weighted by Crippen LogP contribution is -2.38. The van der Waals surface area contributed by atoms with Gasteiger partial charge in [-0.25, -0.2) is 0 Å². The molecule has 1 fully saturated rings. The van der Waals surface area contributed by atoms with Crippen LogP contribution >= 0.6 is 43.2 Å². The third-order valence-corrected chi connectivity index (χ3v) is 6.70. The van der Waals surface area contributed by atoms with Gasteiger partial charge < -0.3 is 9.42 Å². The van der Waals surface area contributed by atoms with E-state index in [9.17, 15) is 4.79 Å². The molecule has 1 saturated heterocycles. The van der Waals surface area contributed by atoms with E-state index < -0.39 is 0 Å². The maximum absolute atomic E-state index is 12.6. The minimum absolute atomic E-state index is 0.0623. The van der Waals surface area contributed by atoms with E-state index >= 15 is 0 Å². The molecule has 1 atom stereocenters. The van der Waals surface area contributed by atoms with Gasteiger partial charge in [-0.2, -0.15) is 4.98 Å². The number of carbonyl (C=O) groups excluding carboxylic acids is 1. The first-order valence-electron chi connectivity index (χ1n) is 6.59. The number of carbonyl (C=O) groups is 1. The van der Waals surface area contributed by atoms with Crippen molar-refractivity contribution in [2.45, 2.75) is 25.7 Å². The van der Waals surface area contributed by atoms with Gasteiger partial charge in [-0.1, -0.05) is 5.16 Å². The van der Waals surface area contributed by atoms with E-state index in [4.69, 9.17) is 4.52 Å². The smallest absolute Gasteiger partial charge is 0.264 e. The van der Waals surface area contributed by atoms with E-state index in [2.05, 4.69) is 42.0 Å². The van der Waals surface area contributed by atoms with E-state index in [0.29, 0.717) is 18.3 Å². The monoisotopic (exact) mass is 433 g/mol. The molecule has 8 heteroatoms. The number of hydrogen-bond acceptors (Lipinski definition) is 5. The summed E-state index contributed by atoms with van der Waals surface area (Å²) in [6.07, 6.45) is 1.93. The fourth-order valence-corrected chi connectivity index (χ4v) is 4.45. The van der Waals surface area contributed by atoms with Crippen LogP contribution in [0, 0.1) is 6.92 Å². The summed E-state index contributed by atoms with van der Waals surface area (Å²) in [4.78, 5) is 19.5. The Morgan fingerprint density at radius 2 is 2.33 bits per heavy atom. The van der Waals surface area contributed by atoms with Gasteiger partial charge in [0.25, 0.3) is 5.91 Å². The molecule has 3 heterocycles. The Morgan fingerprint density at radius 1 is 1.52 bits per heavy atom. The topological polar surface area (TPSA) is 59.2 Å². The summed E-state index contributed by atoms with van der Waals surface area (Å²) in [7, 11) is 0. The van der Waals surface area contributed by atoms with Crippen LogP contribution in [0.15, 0.2) is 18.8 Å². The predicted octanol–water partition coefficient (Wildman–Crippen LogP) is 3.98. The zero-order valence-corrected chi connectivity index (χ0v) is 15.3. The zero-order valence-electron chi connectivity index (χ0n) is 11.3. The van der Waals surface area contributed by atoms with Crippen LogP contribution in [0.2, 0.25) is 0 Å². The third-order valence-electron chi connectivity index (χ3n) is 3.46. The molecule has 1 aliphatic heterocycles. The summed E-state index contributed by atoms with van der Waals surface area (Å²) in [5.74, 6) is 1.47. The van der Waals surface area contributed by atoms with Crippen molar-refractivity contribution in [2.75, 3.05) is 13.1 Å². The molecule has 5 nitrogen and oxygen atoms in total. The lowest BCUT2D eigenvalue weighted by atomic mass is 9.98. The second kappa shape index (κ2) is 6.18. The molecule has 0 saturated carbocycles. The molecular formula is C13H13Br2N3O2S. The highest BCUT2D eigenvalue weighted by Gasteiger charge is 2.29. The third kappa shape index (κ3) is 3.22. The van der Waals surface area contributed by atoms with Crippen molar-refractivity contribution in [3.05, 3.63) is 30.9 Å². The van der Waals surface area contributed by atoms with E-state index in [1.807, 2.05) is 11.0 Å². The average molecular weight is 435 g/mol. The molecular weight excluding hydrogens is 422 g/mol. The number of nitrogens with zero attached hydrogens (tertiary/aromatic N) is 3. The first-order valence-corrected chi connectivity index (χ1v) is 8.99. The van der Waals surface area contributed by atoms with Gasteiger partial charge in [0.1, 0.15) is 0 Å². The molecule has 21 heavy (non-hydrogen) atoms. The summed E-state index contributed by atoms with van der Waals surface area (Å²) in [6, 6.07) is 1.86. The highest BCUT2D eigenvalue weighted by molar-refractivity contribution is 9.13. The molecule has 1 unspecified atom stereocenters. The molecule has 3 rings (SSSR count). The van der Waals surface area contributed by atoms with E-state index in [0.717, 1.165) is 32.5 Å². The quantitative estimate of drug-likeness (QED) is 0.717. The molecule has 0 N–H and O–H groups in total. The number of piperidine rings is 1. The van der Waals surface area contributed by atoms with Gasteiger partial charge in [0, 0.05) is 17.6 Å². The minimum Gasteiger partial charge on any atom is -0.339 e. The Morgan fingerprint density at radius 3 is 2.95 bits per heavy atom. The van der Waals surface area contributed by atoms with Crippen LogP contribution in [0.5, 0.6) is 0 Å². The Kier molecular flexibility index (Phi) is 4.46. The molecule has 1 amide bonds. The number of aryl methyl sites for hydroxylation is 1. The molecule has 112 valence electrons. The maximum atomic E-state index is 12.6. The number of thiophene rings is 1. The highest BCUT2D eigenvalue weighted by atomic mass is 79.9. The molecule has 0 spiro atoms. The van der Waals surface area contributed by atoms with Crippen LogP contribution in [0.3, 0.4) is 0 Å². The van der Waals surface area contributed by atoms with Crippen LogP contribution in [0.25, 0.3) is 0 Å². The van der Waals surface area contributed by atoms with E-state index in [1.165, 1.54) is 11.3 Å².